The van der Waals surface area contributed by atoms with E-state index in [9.17, 15) is 9.90 Å². The molecule has 21 heavy (non-hydrogen) atoms. The molecule has 1 atom stereocenters. The summed E-state index contributed by atoms with van der Waals surface area (Å²) in [4.78, 5) is 17.9. The molecule has 0 aliphatic rings. The first kappa shape index (κ1) is 15.1. The fraction of sp³-hybridized carbons (Fsp3) is 0.200. The number of aromatic nitrogens is 1. The summed E-state index contributed by atoms with van der Waals surface area (Å²) in [6.45, 7) is 1.82. The molecule has 0 bridgehead atoms. The molecular weight excluding hydrogens is 290 g/mol. The second-order valence-corrected chi connectivity index (χ2v) is 5.12. The molecule has 1 aromatic heterocycles. The van der Waals surface area contributed by atoms with Crippen LogP contribution in [0.1, 0.15) is 28.9 Å². The predicted molar refractivity (Wildman–Crippen MR) is 82.3 cm³/mol. The van der Waals surface area contributed by atoms with E-state index in [0.717, 1.165) is 0 Å². The molecule has 0 fully saturated rings. The lowest BCUT2D eigenvalue weighted by Gasteiger charge is -2.26. The second kappa shape index (κ2) is 6.01. The third kappa shape index (κ3) is 3.08. The van der Waals surface area contributed by atoms with Gasteiger partial charge < -0.3 is 15.7 Å². The molecule has 0 aliphatic heterocycles. The monoisotopic (exact) mass is 305 g/mol. The maximum Gasteiger partial charge on any atom is 0.257 e. The number of para-hydroxylation sites is 1. The van der Waals surface area contributed by atoms with Crippen LogP contribution >= 0.6 is 11.6 Å². The van der Waals surface area contributed by atoms with Crippen LogP contribution < -0.4 is 5.73 Å². The van der Waals surface area contributed by atoms with Gasteiger partial charge in [-0.15, -0.1) is 0 Å². The van der Waals surface area contributed by atoms with Crippen molar-refractivity contribution in [2.45, 2.75) is 13.0 Å². The van der Waals surface area contributed by atoms with Gasteiger partial charge in [0, 0.05) is 12.6 Å². The Morgan fingerprint density at radius 1 is 1.43 bits per heavy atom. The average Bonchev–Trinajstić information content (AvgIpc) is 2.48. The van der Waals surface area contributed by atoms with Gasteiger partial charge in [0.25, 0.3) is 5.91 Å². The van der Waals surface area contributed by atoms with Gasteiger partial charge in [0.15, 0.2) is 0 Å². The highest BCUT2D eigenvalue weighted by atomic mass is 35.5. The summed E-state index contributed by atoms with van der Waals surface area (Å²) in [7, 11) is 1.64. The third-order valence-electron chi connectivity index (χ3n) is 3.38. The molecule has 0 saturated carbocycles. The van der Waals surface area contributed by atoms with E-state index in [1.807, 2.05) is 6.92 Å². The van der Waals surface area contributed by atoms with Crippen LogP contribution in [-0.2, 0) is 0 Å². The first-order chi connectivity index (χ1) is 9.91. The Kier molecular flexibility index (Phi) is 4.33. The van der Waals surface area contributed by atoms with Gasteiger partial charge in [-0.2, -0.15) is 0 Å². The number of rotatable bonds is 3. The summed E-state index contributed by atoms with van der Waals surface area (Å²) in [6, 6.07) is 8.05. The number of phenols is 1. The second-order valence-electron chi connectivity index (χ2n) is 4.76. The number of hydrogen-bond donors (Lipinski definition) is 2. The first-order valence-electron chi connectivity index (χ1n) is 6.38. The molecule has 1 heterocycles. The van der Waals surface area contributed by atoms with Crippen LogP contribution in [0.25, 0.3) is 0 Å². The Hall–Kier alpha value is -2.27. The van der Waals surface area contributed by atoms with Gasteiger partial charge in [-0.25, -0.2) is 4.98 Å². The van der Waals surface area contributed by atoms with Crippen LogP contribution in [0.15, 0.2) is 36.5 Å². The van der Waals surface area contributed by atoms with Crippen molar-refractivity contribution in [2.75, 3.05) is 12.8 Å². The standard InChI is InChI=1S/C15H16ClN3O2/c1-9(11-5-3-4-6-13(11)20)19(2)15(21)12-7-10(17)8-18-14(12)16/h3-9,20H,17H2,1-2H3. The molecule has 2 rings (SSSR count). The van der Waals surface area contributed by atoms with E-state index in [4.69, 9.17) is 17.3 Å². The van der Waals surface area contributed by atoms with Crippen LogP contribution in [0.3, 0.4) is 0 Å². The number of aromatic hydroxyl groups is 1. The summed E-state index contributed by atoms with van der Waals surface area (Å²) in [5.41, 5.74) is 6.90. The molecular formula is C15H16ClN3O2. The van der Waals surface area contributed by atoms with Crippen molar-refractivity contribution < 1.29 is 9.90 Å². The van der Waals surface area contributed by atoms with Crippen LogP contribution in [0.5, 0.6) is 5.75 Å². The number of anilines is 1. The normalized spacial score (nSPS) is 12.0. The molecule has 0 radical (unpaired) electrons. The van der Waals surface area contributed by atoms with E-state index in [2.05, 4.69) is 4.98 Å². The number of benzene rings is 1. The van der Waals surface area contributed by atoms with Gasteiger partial charge >= 0.3 is 0 Å². The Balaban J connectivity index is 2.31. The average molecular weight is 306 g/mol. The number of hydrogen-bond acceptors (Lipinski definition) is 4. The largest absolute Gasteiger partial charge is 0.508 e. The van der Waals surface area contributed by atoms with Crippen molar-refractivity contribution in [3.63, 3.8) is 0 Å². The van der Waals surface area contributed by atoms with Crippen molar-refractivity contribution in [2.24, 2.45) is 0 Å². The lowest BCUT2D eigenvalue weighted by molar-refractivity contribution is 0.0741. The minimum atomic E-state index is -0.323. The Bertz CT molecular complexity index is 676. The minimum absolute atomic E-state index is 0.102. The molecule has 2 aromatic rings. The summed E-state index contributed by atoms with van der Waals surface area (Å²) in [5, 5.41) is 9.99. The number of nitrogens with zero attached hydrogens (tertiary/aromatic N) is 2. The van der Waals surface area contributed by atoms with Crippen molar-refractivity contribution in [3.8, 4) is 5.75 Å². The number of amides is 1. The quantitative estimate of drug-likeness (QED) is 0.855. The van der Waals surface area contributed by atoms with E-state index < -0.39 is 0 Å². The molecule has 1 aromatic carbocycles. The maximum absolute atomic E-state index is 12.5. The fourth-order valence-corrected chi connectivity index (χ4v) is 2.21. The van der Waals surface area contributed by atoms with Gasteiger partial charge in [-0.05, 0) is 19.1 Å². The number of carbonyl (C=O) groups excluding carboxylic acids is 1. The smallest absolute Gasteiger partial charge is 0.257 e. The van der Waals surface area contributed by atoms with Gasteiger partial charge in [0.1, 0.15) is 10.9 Å². The number of phenolic OH excluding ortho intramolecular Hbond substituents is 1. The minimum Gasteiger partial charge on any atom is -0.508 e. The topological polar surface area (TPSA) is 79.5 Å². The molecule has 1 unspecified atom stereocenters. The van der Waals surface area contributed by atoms with Crippen LogP contribution in [0, 0.1) is 0 Å². The molecule has 0 aliphatic carbocycles. The van der Waals surface area contributed by atoms with E-state index >= 15 is 0 Å². The zero-order chi connectivity index (χ0) is 15.6. The van der Waals surface area contributed by atoms with Crippen molar-refractivity contribution in [3.05, 3.63) is 52.8 Å². The van der Waals surface area contributed by atoms with E-state index in [-0.39, 0.29) is 28.4 Å². The first-order valence-corrected chi connectivity index (χ1v) is 6.75. The van der Waals surface area contributed by atoms with Gasteiger partial charge in [-0.1, -0.05) is 29.8 Å². The molecule has 110 valence electrons. The lowest BCUT2D eigenvalue weighted by Crippen LogP contribution is -2.30. The summed E-state index contributed by atoms with van der Waals surface area (Å²) < 4.78 is 0. The third-order valence-corrected chi connectivity index (χ3v) is 3.68. The highest BCUT2D eigenvalue weighted by Crippen LogP contribution is 2.29. The zero-order valence-electron chi connectivity index (χ0n) is 11.7. The Labute approximate surface area is 128 Å². The van der Waals surface area contributed by atoms with Gasteiger partial charge in [0.2, 0.25) is 0 Å². The maximum atomic E-state index is 12.5. The number of carbonyl (C=O) groups is 1. The zero-order valence-corrected chi connectivity index (χ0v) is 12.5. The number of nitrogen functional groups attached to an aromatic ring is 1. The van der Waals surface area contributed by atoms with Gasteiger partial charge in [0.05, 0.1) is 23.5 Å². The SMILES string of the molecule is CC(c1ccccc1O)N(C)C(=O)c1cc(N)cnc1Cl. The van der Waals surface area contributed by atoms with E-state index in [0.29, 0.717) is 11.3 Å². The summed E-state index contributed by atoms with van der Waals surface area (Å²) in [6.07, 6.45) is 1.39. The molecule has 5 nitrogen and oxygen atoms in total. The van der Waals surface area contributed by atoms with Crippen molar-refractivity contribution in [1.29, 1.82) is 0 Å². The van der Waals surface area contributed by atoms with Crippen LogP contribution in [0.4, 0.5) is 5.69 Å². The van der Waals surface area contributed by atoms with Crippen LogP contribution in [-0.4, -0.2) is 27.9 Å². The van der Waals surface area contributed by atoms with Gasteiger partial charge in [-0.3, -0.25) is 4.79 Å². The molecule has 0 spiro atoms. The predicted octanol–water partition coefficient (Wildman–Crippen LogP) is 2.86. The van der Waals surface area contributed by atoms with E-state index in [1.54, 1.807) is 31.3 Å². The highest BCUT2D eigenvalue weighted by Gasteiger charge is 2.23. The van der Waals surface area contributed by atoms with Crippen LogP contribution in [0.2, 0.25) is 5.15 Å². The molecule has 0 saturated heterocycles. The summed E-state index contributed by atoms with van der Waals surface area (Å²) in [5.74, 6) is -0.169. The molecule has 3 N–H and O–H groups in total. The highest BCUT2D eigenvalue weighted by molar-refractivity contribution is 6.32. The number of nitrogens with two attached hydrogens (primary N) is 1. The molecule has 6 heteroatoms. The van der Waals surface area contributed by atoms with Crippen molar-refractivity contribution >= 4 is 23.2 Å². The Morgan fingerprint density at radius 3 is 2.76 bits per heavy atom. The fourth-order valence-electron chi connectivity index (χ4n) is 2.03. The summed E-state index contributed by atoms with van der Waals surface area (Å²) >= 11 is 5.95. The molecule has 1 amide bonds. The Morgan fingerprint density at radius 2 is 2.10 bits per heavy atom. The lowest BCUT2D eigenvalue weighted by atomic mass is 10.1. The van der Waals surface area contributed by atoms with E-state index in [1.165, 1.54) is 17.2 Å². The number of pyridine rings is 1. The number of halogens is 1. The van der Waals surface area contributed by atoms with Crippen molar-refractivity contribution in [1.82, 2.24) is 9.88 Å².